The zero-order chi connectivity index (χ0) is 25.1. The van der Waals surface area contributed by atoms with Crippen molar-refractivity contribution in [1.29, 1.82) is 0 Å². The van der Waals surface area contributed by atoms with Gasteiger partial charge in [-0.25, -0.2) is 13.2 Å². The number of ether oxygens (including phenoxy) is 2. The molecule has 1 saturated heterocycles. The van der Waals surface area contributed by atoms with Crippen molar-refractivity contribution >= 4 is 39.1 Å². The molecule has 4 rings (SSSR count). The molecular weight excluding hydrogens is 522 g/mol. The molecule has 13 heteroatoms. The second-order valence-corrected chi connectivity index (χ2v) is 11.2. The molecule has 1 aliphatic heterocycles. The highest BCUT2D eigenvalue weighted by molar-refractivity contribution is 8.02. The molecule has 0 bridgehead atoms. The first kappa shape index (κ1) is 25.5. The summed E-state index contributed by atoms with van der Waals surface area (Å²) in [5.41, 5.74) is -2.21. The number of carbonyl (C=O) groups is 1. The van der Waals surface area contributed by atoms with Gasteiger partial charge in [-0.1, -0.05) is 30.3 Å². The van der Waals surface area contributed by atoms with E-state index < -0.39 is 40.2 Å². The SMILES string of the molecule is O=C(OCC(OC(F)F)(c1ccccc1)c1cccc[n+]1[O-])C1SCCN1S(=O)(=O)c1ccsc1. The zero-order valence-electron chi connectivity index (χ0n) is 18.0. The topological polar surface area (TPSA) is 99.8 Å². The van der Waals surface area contributed by atoms with Crippen LogP contribution in [0.15, 0.2) is 76.4 Å². The summed E-state index contributed by atoms with van der Waals surface area (Å²) in [7, 11) is -3.96. The fourth-order valence-electron chi connectivity index (χ4n) is 3.73. The van der Waals surface area contributed by atoms with Crippen LogP contribution in [-0.2, 0) is 29.9 Å². The van der Waals surface area contributed by atoms with Gasteiger partial charge in [-0.3, -0.25) is 4.74 Å². The number of carbonyl (C=O) groups excluding carboxylic acids is 1. The van der Waals surface area contributed by atoms with Gasteiger partial charge in [0.1, 0.15) is 6.61 Å². The molecule has 0 N–H and O–H groups in total. The number of thiophene rings is 1. The van der Waals surface area contributed by atoms with Gasteiger partial charge in [-0.2, -0.15) is 29.2 Å². The van der Waals surface area contributed by atoms with Crippen molar-refractivity contribution in [2.24, 2.45) is 0 Å². The molecule has 1 aliphatic rings. The molecule has 1 aromatic carbocycles. The number of hydrogen-bond acceptors (Lipinski definition) is 8. The summed E-state index contributed by atoms with van der Waals surface area (Å²) < 4.78 is 65.1. The quantitative estimate of drug-likeness (QED) is 0.233. The predicted octanol–water partition coefficient (Wildman–Crippen LogP) is 3.17. The number of nitrogens with zero attached hydrogens (tertiary/aromatic N) is 2. The van der Waals surface area contributed by atoms with Gasteiger partial charge in [-0.05, 0) is 23.1 Å². The van der Waals surface area contributed by atoms with Gasteiger partial charge in [0.15, 0.2) is 11.6 Å². The lowest BCUT2D eigenvalue weighted by molar-refractivity contribution is -0.623. The maximum Gasteiger partial charge on any atom is 0.346 e. The Bertz CT molecular complexity index is 1260. The molecule has 2 unspecified atom stereocenters. The number of alkyl halides is 2. The summed E-state index contributed by atoms with van der Waals surface area (Å²) in [6.07, 6.45) is 1.12. The first-order chi connectivity index (χ1) is 16.8. The molecule has 0 radical (unpaired) electrons. The fraction of sp³-hybridized carbons (Fsp3) is 0.273. The van der Waals surface area contributed by atoms with Crippen molar-refractivity contribution < 1.29 is 36.2 Å². The summed E-state index contributed by atoms with van der Waals surface area (Å²) in [6.45, 7) is -4.01. The lowest BCUT2D eigenvalue weighted by Crippen LogP contribution is -2.49. The number of aromatic nitrogens is 1. The number of halogens is 2. The molecule has 8 nitrogen and oxygen atoms in total. The van der Waals surface area contributed by atoms with Gasteiger partial charge in [0.2, 0.25) is 21.3 Å². The predicted molar refractivity (Wildman–Crippen MR) is 125 cm³/mol. The third kappa shape index (κ3) is 5.19. The van der Waals surface area contributed by atoms with Crippen LogP contribution in [0.3, 0.4) is 0 Å². The Morgan fingerprint density at radius 3 is 2.60 bits per heavy atom. The number of esters is 1. The molecule has 3 aromatic rings. The first-order valence-corrected chi connectivity index (χ1v) is 13.7. The lowest BCUT2D eigenvalue weighted by atomic mass is 9.90. The van der Waals surface area contributed by atoms with Crippen molar-refractivity contribution in [3.63, 3.8) is 0 Å². The third-order valence-corrected chi connectivity index (χ3v) is 9.35. The van der Waals surface area contributed by atoms with Crippen molar-refractivity contribution in [3.05, 3.63) is 88.0 Å². The molecule has 2 atom stereocenters. The van der Waals surface area contributed by atoms with Crippen LogP contribution in [0.25, 0.3) is 0 Å². The van der Waals surface area contributed by atoms with E-state index in [4.69, 9.17) is 9.47 Å². The van der Waals surface area contributed by atoms with E-state index in [1.807, 2.05) is 0 Å². The van der Waals surface area contributed by atoms with Crippen LogP contribution in [0.2, 0.25) is 0 Å². The monoisotopic (exact) mass is 542 g/mol. The Morgan fingerprint density at radius 2 is 1.94 bits per heavy atom. The highest BCUT2D eigenvalue weighted by Gasteiger charge is 2.48. The van der Waals surface area contributed by atoms with Crippen LogP contribution in [0.1, 0.15) is 11.3 Å². The van der Waals surface area contributed by atoms with Gasteiger partial charge < -0.3 is 9.94 Å². The van der Waals surface area contributed by atoms with E-state index in [1.54, 1.807) is 23.6 Å². The van der Waals surface area contributed by atoms with Gasteiger partial charge in [0, 0.05) is 29.8 Å². The molecular formula is C22H20F2N2O6S3. The second-order valence-electron chi connectivity index (χ2n) is 7.39. The molecule has 2 aromatic heterocycles. The van der Waals surface area contributed by atoms with Crippen molar-refractivity contribution in [3.8, 4) is 0 Å². The number of pyridine rings is 1. The average Bonchev–Trinajstić information content (AvgIpc) is 3.56. The van der Waals surface area contributed by atoms with Crippen molar-refractivity contribution in [1.82, 2.24) is 4.31 Å². The zero-order valence-corrected chi connectivity index (χ0v) is 20.5. The summed E-state index contributed by atoms with van der Waals surface area (Å²) in [5, 5.41) is 14.5. The summed E-state index contributed by atoms with van der Waals surface area (Å²) in [5.74, 6) is -0.599. The van der Waals surface area contributed by atoms with E-state index in [9.17, 15) is 27.2 Å². The van der Waals surface area contributed by atoms with Crippen LogP contribution >= 0.6 is 23.1 Å². The average molecular weight is 543 g/mol. The van der Waals surface area contributed by atoms with E-state index >= 15 is 0 Å². The van der Waals surface area contributed by atoms with Gasteiger partial charge in [0.05, 0.1) is 4.90 Å². The highest BCUT2D eigenvalue weighted by Crippen LogP contribution is 2.36. The summed E-state index contributed by atoms with van der Waals surface area (Å²) in [4.78, 5) is 13.1. The Labute approximate surface area is 208 Å². The Kier molecular flexibility index (Phi) is 7.71. The maximum absolute atomic E-state index is 13.7. The minimum absolute atomic E-state index is 0.0548. The Hall–Kier alpha value is -2.58. The minimum atomic E-state index is -3.96. The summed E-state index contributed by atoms with van der Waals surface area (Å²) >= 11 is 2.26. The molecule has 3 heterocycles. The van der Waals surface area contributed by atoms with Crippen LogP contribution in [0.4, 0.5) is 8.78 Å². The standard InChI is InChI=1S/C22H20F2N2O6S3/c23-21(24)32-22(16-6-2-1-3-7-16,18-8-4-5-10-25(18)28)15-31-20(27)19-26(11-13-34-19)35(29,30)17-9-12-33-14-17/h1-10,12,14,19,21H,11,13,15H2. The highest BCUT2D eigenvalue weighted by atomic mass is 32.2. The number of rotatable bonds is 9. The number of sulfonamides is 1. The Morgan fingerprint density at radius 1 is 1.20 bits per heavy atom. The van der Waals surface area contributed by atoms with Crippen LogP contribution in [0, 0.1) is 5.21 Å². The molecule has 0 aliphatic carbocycles. The summed E-state index contributed by atoms with van der Waals surface area (Å²) in [6, 6.07) is 13.4. The van der Waals surface area contributed by atoms with Crippen molar-refractivity contribution in [2.75, 3.05) is 18.9 Å². The van der Waals surface area contributed by atoms with Crippen LogP contribution in [0.5, 0.6) is 0 Å². The Balaban J connectivity index is 1.66. The van der Waals surface area contributed by atoms with Crippen LogP contribution in [-0.4, -0.2) is 49.6 Å². The van der Waals surface area contributed by atoms with Gasteiger partial charge in [-0.15, -0.1) is 11.8 Å². The number of benzene rings is 1. The van der Waals surface area contributed by atoms with E-state index in [-0.39, 0.29) is 22.7 Å². The van der Waals surface area contributed by atoms with Gasteiger partial charge >= 0.3 is 12.6 Å². The van der Waals surface area contributed by atoms with Gasteiger partial charge in [0.25, 0.3) is 0 Å². The molecule has 0 spiro atoms. The van der Waals surface area contributed by atoms with E-state index in [2.05, 4.69) is 0 Å². The molecule has 0 amide bonds. The molecule has 0 saturated carbocycles. The normalized spacial score (nSPS) is 18.4. The largest absolute Gasteiger partial charge is 0.618 e. The number of hydrogen-bond donors (Lipinski definition) is 0. The van der Waals surface area contributed by atoms with E-state index in [1.165, 1.54) is 53.1 Å². The fourth-order valence-corrected chi connectivity index (χ4v) is 7.81. The molecule has 35 heavy (non-hydrogen) atoms. The van der Waals surface area contributed by atoms with E-state index in [0.29, 0.717) is 10.5 Å². The molecule has 1 fully saturated rings. The maximum atomic E-state index is 13.7. The third-order valence-electron chi connectivity index (χ3n) is 5.34. The number of thioether (sulfide) groups is 1. The first-order valence-electron chi connectivity index (χ1n) is 10.3. The van der Waals surface area contributed by atoms with Crippen LogP contribution < -0.4 is 4.73 Å². The minimum Gasteiger partial charge on any atom is -0.618 e. The smallest absolute Gasteiger partial charge is 0.346 e. The van der Waals surface area contributed by atoms with E-state index in [0.717, 1.165) is 22.3 Å². The second kappa shape index (κ2) is 10.6. The lowest BCUT2D eigenvalue weighted by Gasteiger charge is -2.32. The molecule has 186 valence electrons. The van der Waals surface area contributed by atoms with Crippen molar-refractivity contribution in [2.45, 2.75) is 22.5 Å².